The molecule has 0 bridgehead atoms. The van der Waals surface area contributed by atoms with Crippen molar-refractivity contribution in [2.45, 2.75) is 17.6 Å². The van der Waals surface area contributed by atoms with Gasteiger partial charge in [-0.2, -0.15) is 0 Å². The monoisotopic (exact) mass is 370 g/mol. The highest BCUT2D eigenvalue weighted by Crippen LogP contribution is 2.40. The number of ketones is 1. The van der Waals surface area contributed by atoms with E-state index in [2.05, 4.69) is 54.7 Å². The van der Waals surface area contributed by atoms with Crippen LogP contribution in [0.3, 0.4) is 0 Å². The number of rotatable bonds is 1. The van der Waals surface area contributed by atoms with Gasteiger partial charge in [0, 0.05) is 5.41 Å². The van der Waals surface area contributed by atoms with Crippen molar-refractivity contribution in [1.29, 1.82) is 0 Å². The summed E-state index contributed by atoms with van der Waals surface area (Å²) < 4.78 is 0.766. The number of allylic oxidation sites excluding steroid dienone is 4. The van der Waals surface area contributed by atoms with Gasteiger partial charge < -0.3 is 0 Å². The van der Waals surface area contributed by atoms with E-state index in [1.807, 2.05) is 19.1 Å². The Morgan fingerprint density at radius 2 is 1.92 bits per heavy atom. The molecular formula is C9H9Br3O. The molecule has 0 radical (unpaired) electrons. The molecule has 0 spiro atoms. The van der Waals surface area contributed by atoms with Gasteiger partial charge in [-0.1, -0.05) is 50.9 Å². The number of alkyl halides is 2. The summed E-state index contributed by atoms with van der Waals surface area (Å²) in [7, 11) is 0. The Hall–Kier alpha value is 0.590. The molecule has 0 fully saturated rings. The number of halogens is 3. The summed E-state index contributed by atoms with van der Waals surface area (Å²) in [5.41, 5.74) is 0.623. The van der Waals surface area contributed by atoms with Gasteiger partial charge in [-0.3, -0.25) is 4.79 Å². The number of Topliss-reactive ketones (excluding diaryl/α,β-unsaturated/α-hetero) is 1. The van der Waals surface area contributed by atoms with Gasteiger partial charge in [0.25, 0.3) is 0 Å². The molecule has 72 valence electrons. The molecule has 0 heterocycles. The van der Waals surface area contributed by atoms with Crippen molar-refractivity contribution in [2.24, 2.45) is 5.41 Å². The summed E-state index contributed by atoms with van der Waals surface area (Å²) in [4.78, 5) is 11.4. The van der Waals surface area contributed by atoms with Crippen molar-refractivity contribution >= 4 is 53.6 Å². The summed E-state index contributed by atoms with van der Waals surface area (Å²) in [5, 5.41) is 0. The van der Waals surface area contributed by atoms with Crippen LogP contribution >= 0.6 is 47.8 Å². The summed E-state index contributed by atoms with van der Waals surface area (Å²) >= 11 is 10.2. The second-order valence-corrected chi connectivity index (χ2v) is 7.23. The molecule has 0 aromatic heterocycles. The molecular weight excluding hydrogens is 364 g/mol. The third-order valence-corrected chi connectivity index (χ3v) is 4.57. The summed E-state index contributed by atoms with van der Waals surface area (Å²) in [6.07, 6.45) is 3.88. The maximum Gasteiger partial charge on any atom is 0.195 e. The smallest absolute Gasteiger partial charge is 0.195 e. The quantitative estimate of drug-likeness (QED) is 0.638. The summed E-state index contributed by atoms with van der Waals surface area (Å²) in [6.45, 7) is 3.88. The molecule has 1 aliphatic rings. The Balaban J connectivity index is 3.12. The van der Waals surface area contributed by atoms with Crippen LogP contribution in [0.5, 0.6) is 0 Å². The highest BCUT2D eigenvalue weighted by molar-refractivity contribution is 9.24. The number of hydrogen-bond acceptors (Lipinski definition) is 1. The average Bonchev–Trinajstić information content (AvgIpc) is 2.00. The zero-order chi connectivity index (χ0) is 10.2. The van der Waals surface area contributed by atoms with Gasteiger partial charge in [-0.05, 0) is 28.4 Å². The van der Waals surface area contributed by atoms with Crippen molar-refractivity contribution in [1.82, 2.24) is 0 Å². The van der Waals surface area contributed by atoms with Gasteiger partial charge in [0.2, 0.25) is 0 Å². The summed E-state index contributed by atoms with van der Waals surface area (Å²) in [6, 6.07) is 0. The number of carbonyl (C=O) groups excluding carboxylic acids is 1. The second-order valence-electron chi connectivity index (χ2n) is 3.32. The van der Waals surface area contributed by atoms with Gasteiger partial charge in [0.05, 0.1) is 8.22 Å². The zero-order valence-electron chi connectivity index (χ0n) is 7.27. The van der Waals surface area contributed by atoms with E-state index in [-0.39, 0.29) is 14.9 Å². The average molecular weight is 373 g/mol. The van der Waals surface area contributed by atoms with E-state index < -0.39 is 0 Å². The van der Waals surface area contributed by atoms with Crippen molar-refractivity contribution in [2.75, 3.05) is 0 Å². The molecule has 0 saturated heterocycles. The molecule has 1 aliphatic carbocycles. The van der Waals surface area contributed by atoms with E-state index in [1.54, 1.807) is 0 Å². The minimum Gasteiger partial charge on any atom is -0.288 e. The fourth-order valence-electron chi connectivity index (χ4n) is 1.23. The van der Waals surface area contributed by atoms with Crippen LogP contribution in [0.2, 0.25) is 0 Å². The Kier molecular flexibility index (Phi) is 3.58. The van der Waals surface area contributed by atoms with E-state index >= 15 is 0 Å². The molecule has 1 nitrogen and oxygen atoms in total. The Labute approximate surface area is 103 Å². The molecule has 0 saturated carbocycles. The Morgan fingerprint density at radius 1 is 1.38 bits per heavy atom. The van der Waals surface area contributed by atoms with Crippen LogP contribution in [-0.4, -0.2) is 9.52 Å². The third-order valence-electron chi connectivity index (χ3n) is 2.01. The molecule has 13 heavy (non-hydrogen) atoms. The molecule has 0 aliphatic heterocycles. The minimum atomic E-state index is -0.156. The van der Waals surface area contributed by atoms with E-state index in [4.69, 9.17) is 0 Å². The lowest BCUT2D eigenvalue weighted by Crippen LogP contribution is -2.24. The molecule has 0 amide bonds. The van der Waals surface area contributed by atoms with Crippen molar-refractivity contribution in [3.63, 3.8) is 0 Å². The van der Waals surface area contributed by atoms with Crippen LogP contribution in [-0.2, 0) is 4.79 Å². The number of carbonyl (C=O) groups is 1. The lowest BCUT2D eigenvalue weighted by molar-refractivity contribution is -0.111. The van der Waals surface area contributed by atoms with Crippen molar-refractivity contribution in [3.8, 4) is 0 Å². The normalized spacial score (nSPS) is 28.9. The first-order valence-electron chi connectivity index (χ1n) is 3.77. The maximum absolute atomic E-state index is 11.4. The molecule has 1 rings (SSSR count). The fourth-order valence-corrected chi connectivity index (χ4v) is 2.56. The molecule has 1 unspecified atom stereocenters. The highest BCUT2D eigenvalue weighted by Gasteiger charge is 2.32. The van der Waals surface area contributed by atoms with Crippen molar-refractivity contribution < 1.29 is 4.79 Å². The van der Waals surface area contributed by atoms with E-state index in [1.165, 1.54) is 0 Å². The van der Waals surface area contributed by atoms with Crippen LogP contribution in [0.15, 0.2) is 22.2 Å². The SMILES string of the molecule is CC1=CC(C)(C(Br)Br)C=C(Br)C1=O. The maximum atomic E-state index is 11.4. The first-order chi connectivity index (χ1) is 5.87. The summed E-state index contributed by atoms with van der Waals surface area (Å²) in [5.74, 6) is 0.0677. The molecule has 4 heteroatoms. The number of hydrogen-bond donors (Lipinski definition) is 0. The topological polar surface area (TPSA) is 17.1 Å². The first-order valence-corrected chi connectivity index (χ1v) is 6.40. The van der Waals surface area contributed by atoms with E-state index in [0.29, 0.717) is 4.48 Å². The first kappa shape index (κ1) is 11.7. The van der Waals surface area contributed by atoms with Crippen LogP contribution in [0, 0.1) is 5.41 Å². The van der Waals surface area contributed by atoms with E-state index in [0.717, 1.165) is 5.57 Å². The Bertz CT molecular complexity index is 280. The fraction of sp³-hybridized carbons (Fsp3) is 0.444. The lowest BCUT2D eigenvalue weighted by Gasteiger charge is -2.28. The largest absolute Gasteiger partial charge is 0.288 e. The Morgan fingerprint density at radius 3 is 2.31 bits per heavy atom. The predicted molar refractivity (Wildman–Crippen MR) is 65.5 cm³/mol. The van der Waals surface area contributed by atoms with Gasteiger partial charge in [-0.25, -0.2) is 0 Å². The van der Waals surface area contributed by atoms with Gasteiger partial charge >= 0.3 is 0 Å². The third kappa shape index (κ3) is 2.34. The minimum absolute atomic E-state index is 0.0677. The van der Waals surface area contributed by atoms with Gasteiger partial charge in [0.15, 0.2) is 5.78 Å². The molecule has 0 N–H and O–H groups in total. The highest BCUT2D eigenvalue weighted by atomic mass is 79.9. The molecule has 1 atom stereocenters. The predicted octanol–water partition coefficient (Wildman–Crippen LogP) is 3.92. The van der Waals surface area contributed by atoms with Gasteiger partial charge in [-0.15, -0.1) is 0 Å². The zero-order valence-corrected chi connectivity index (χ0v) is 12.0. The van der Waals surface area contributed by atoms with E-state index in [9.17, 15) is 4.79 Å². The molecule has 0 aromatic rings. The van der Waals surface area contributed by atoms with Crippen LogP contribution in [0.1, 0.15) is 13.8 Å². The van der Waals surface area contributed by atoms with Crippen molar-refractivity contribution in [3.05, 3.63) is 22.2 Å². The van der Waals surface area contributed by atoms with Gasteiger partial charge in [0.1, 0.15) is 0 Å². The second kappa shape index (κ2) is 3.99. The van der Waals surface area contributed by atoms with Crippen LogP contribution < -0.4 is 0 Å². The standard InChI is InChI=1S/C9H9Br3O/c1-5-3-9(2,8(11)12)4-6(10)7(5)13/h3-4,8H,1-2H3. The lowest BCUT2D eigenvalue weighted by atomic mass is 9.85. The van der Waals surface area contributed by atoms with Crippen LogP contribution in [0.4, 0.5) is 0 Å². The molecule has 0 aromatic carbocycles. The van der Waals surface area contributed by atoms with Crippen LogP contribution in [0.25, 0.3) is 0 Å².